The average molecular weight is 288 g/mol. The van der Waals surface area contributed by atoms with Crippen molar-refractivity contribution in [2.75, 3.05) is 66.8 Å². The number of methoxy groups -OCH3 is 2. The predicted molar refractivity (Wildman–Crippen MR) is 67.5 cm³/mol. The summed E-state index contributed by atoms with van der Waals surface area (Å²) in [6, 6.07) is 0. The average Bonchev–Trinajstić information content (AvgIpc) is 2.39. The van der Waals surface area contributed by atoms with Crippen LogP contribution in [0.1, 0.15) is 0 Å². The van der Waals surface area contributed by atoms with E-state index in [1.54, 1.807) is 0 Å². The standard InChI is InChI=1S/C10H22F2N2O3S/c1-15-7-3-13(4-8-16-2)18(11,12)14-5-9-17-10-6-14/h3-10H2,1-2H3. The molecule has 1 heterocycles. The van der Waals surface area contributed by atoms with Crippen molar-refractivity contribution in [1.82, 2.24) is 8.61 Å². The minimum absolute atomic E-state index is 0.208. The number of rotatable bonds is 8. The maximum Gasteiger partial charge on any atom is 0.185 e. The Balaban J connectivity index is 2.60. The first kappa shape index (κ1) is 16.1. The van der Waals surface area contributed by atoms with Crippen molar-refractivity contribution < 1.29 is 22.0 Å². The van der Waals surface area contributed by atoms with Crippen molar-refractivity contribution >= 4 is 11.2 Å². The number of ether oxygens (including phenoxy) is 3. The van der Waals surface area contributed by atoms with E-state index in [4.69, 9.17) is 14.2 Å². The molecule has 0 radical (unpaired) electrons. The van der Waals surface area contributed by atoms with Gasteiger partial charge in [0.2, 0.25) is 0 Å². The Morgan fingerprint density at radius 2 is 1.61 bits per heavy atom. The molecule has 0 unspecified atom stereocenters. The Hall–Kier alpha value is 0.01000. The van der Waals surface area contributed by atoms with Crippen LogP contribution in [0.4, 0.5) is 7.77 Å². The monoisotopic (exact) mass is 288 g/mol. The number of morpholine rings is 1. The first-order valence-electron chi connectivity index (χ1n) is 5.91. The number of nitrogens with zero attached hydrogens (tertiary/aromatic N) is 2. The van der Waals surface area contributed by atoms with Crippen LogP contribution < -0.4 is 0 Å². The van der Waals surface area contributed by atoms with Crippen LogP contribution >= 0.6 is 11.2 Å². The van der Waals surface area contributed by atoms with Gasteiger partial charge in [-0.1, -0.05) is 0 Å². The molecule has 1 aliphatic heterocycles. The van der Waals surface area contributed by atoms with Gasteiger partial charge in [0.05, 0.1) is 26.4 Å². The minimum Gasteiger partial charge on any atom is -0.383 e. The predicted octanol–water partition coefficient (Wildman–Crippen LogP) is 1.32. The molecule has 1 rings (SSSR count). The minimum atomic E-state index is -3.94. The van der Waals surface area contributed by atoms with Gasteiger partial charge in [0.15, 0.2) is 11.2 Å². The highest BCUT2D eigenvalue weighted by molar-refractivity contribution is 8.21. The molecule has 0 aromatic carbocycles. The molecule has 18 heavy (non-hydrogen) atoms. The van der Waals surface area contributed by atoms with Crippen LogP contribution in [-0.2, 0) is 14.2 Å². The summed E-state index contributed by atoms with van der Waals surface area (Å²) in [5, 5.41) is 0. The van der Waals surface area contributed by atoms with Gasteiger partial charge in [-0.3, -0.25) is 0 Å². The van der Waals surface area contributed by atoms with Gasteiger partial charge in [-0.15, -0.1) is 7.77 Å². The second kappa shape index (κ2) is 8.23. The zero-order chi connectivity index (χ0) is 13.4. The number of hydrogen-bond donors (Lipinski definition) is 0. The van der Waals surface area contributed by atoms with Gasteiger partial charge in [-0.2, -0.15) is 0 Å². The summed E-state index contributed by atoms with van der Waals surface area (Å²) >= 11 is -3.94. The van der Waals surface area contributed by atoms with Crippen LogP contribution in [-0.4, -0.2) is 75.4 Å². The highest BCUT2D eigenvalue weighted by Gasteiger charge is 2.38. The second-order valence-electron chi connectivity index (χ2n) is 3.87. The topological polar surface area (TPSA) is 34.2 Å². The third kappa shape index (κ3) is 4.60. The Labute approximate surface area is 109 Å². The van der Waals surface area contributed by atoms with Crippen molar-refractivity contribution in [2.24, 2.45) is 0 Å². The molecule has 0 spiro atoms. The van der Waals surface area contributed by atoms with E-state index in [0.717, 1.165) is 0 Å². The molecule has 0 aromatic heterocycles. The largest absolute Gasteiger partial charge is 0.383 e. The molecule has 0 saturated carbocycles. The van der Waals surface area contributed by atoms with Crippen LogP contribution in [0.5, 0.6) is 0 Å². The number of hydrogen-bond acceptors (Lipinski definition) is 5. The maximum atomic E-state index is 14.4. The lowest BCUT2D eigenvalue weighted by atomic mass is 10.5. The molecule has 0 aromatic rings. The van der Waals surface area contributed by atoms with Gasteiger partial charge in [0.1, 0.15) is 0 Å². The Bertz CT molecular complexity index is 223. The zero-order valence-electron chi connectivity index (χ0n) is 10.9. The first-order valence-corrected chi connectivity index (χ1v) is 7.26. The van der Waals surface area contributed by atoms with Crippen molar-refractivity contribution in [1.29, 1.82) is 0 Å². The molecule has 0 amide bonds. The molecule has 5 nitrogen and oxygen atoms in total. The third-order valence-electron chi connectivity index (χ3n) is 2.68. The van der Waals surface area contributed by atoms with Gasteiger partial charge in [0, 0.05) is 40.4 Å². The van der Waals surface area contributed by atoms with E-state index in [2.05, 4.69) is 0 Å². The Morgan fingerprint density at radius 1 is 1.11 bits per heavy atom. The lowest BCUT2D eigenvalue weighted by Crippen LogP contribution is -2.43. The lowest BCUT2D eigenvalue weighted by Gasteiger charge is -2.42. The van der Waals surface area contributed by atoms with Crippen molar-refractivity contribution in [3.8, 4) is 0 Å². The van der Waals surface area contributed by atoms with Crippen LogP contribution in [0.15, 0.2) is 0 Å². The summed E-state index contributed by atoms with van der Waals surface area (Å²) in [4.78, 5) is 0. The van der Waals surface area contributed by atoms with E-state index in [-0.39, 0.29) is 39.4 Å². The molecular formula is C10H22F2N2O3S. The molecule has 1 saturated heterocycles. The summed E-state index contributed by atoms with van der Waals surface area (Å²) in [6.45, 7) is 2.28. The fourth-order valence-corrected chi connectivity index (χ4v) is 3.15. The normalized spacial score (nSPS) is 19.4. The summed E-state index contributed by atoms with van der Waals surface area (Å²) in [6.07, 6.45) is 0. The zero-order valence-corrected chi connectivity index (χ0v) is 11.8. The molecule has 0 aliphatic carbocycles. The van der Waals surface area contributed by atoms with E-state index in [1.165, 1.54) is 22.8 Å². The molecule has 0 bridgehead atoms. The van der Waals surface area contributed by atoms with Crippen LogP contribution in [0.25, 0.3) is 0 Å². The summed E-state index contributed by atoms with van der Waals surface area (Å²) in [5.74, 6) is 0. The van der Waals surface area contributed by atoms with E-state index in [1.807, 2.05) is 0 Å². The second-order valence-corrected chi connectivity index (χ2v) is 5.74. The van der Waals surface area contributed by atoms with E-state index in [9.17, 15) is 7.77 Å². The van der Waals surface area contributed by atoms with E-state index < -0.39 is 11.2 Å². The molecular weight excluding hydrogens is 266 g/mol. The van der Waals surface area contributed by atoms with E-state index >= 15 is 0 Å². The van der Waals surface area contributed by atoms with E-state index in [0.29, 0.717) is 13.2 Å². The van der Waals surface area contributed by atoms with Crippen LogP contribution in [0.3, 0.4) is 0 Å². The molecule has 8 heteroatoms. The Kier molecular flexibility index (Phi) is 7.35. The summed E-state index contributed by atoms with van der Waals surface area (Å²) < 4.78 is 46.1. The molecule has 0 atom stereocenters. The van der Waals surface area contributed by atoms with Crippen LogP contribution in [0.2, 0.25) is 0 Å². The molecule has 110 valence electrons. The quantitative estimate of drug-likeness (QED) is 0.673. The van der Waals surface area contributed by atoms with Gasteiger partial charge in [-0.25, -0.2) is 8.61 Å². The number of halogens is 2. The SMILES string of the molecule is COCCN(CCOC)S(F)(F)N1CCOCC1. The van der Waals surface area contributed by atoms with Gasteiger partial charge < -0.3 is 14.2 Å². The van der Waals surface area contributed by atoms with Gasteiger partial charge >= 0.3 is 0 Å². The molecule has 0 N–H and O–H groups in total. The Morgan fingerprint density at radius 3 is 2.06 bits per heavy atom. The van der Waals surface area contributed by atoms with Crippen molar-refractivity contribution in [2.45, 2.75) is 0 Å². The fraction of sp³-hybridized carbons (Fsp3) is 1.00. The third-order valence-corrected chi connectivity index (χ3v) is 4.65. The van der Waals surface area contributed by atoms with Crippen molar-refractivity contribution in [3.63, 3.8) is 0 Å². The highest BCUT2D eigenvalue weighted by Crippen LogP contribution is 2.57. The lowest BCUT2D eigenvalue weighted by molar-refractivity contribution is 0.0667. The fourth-order valence-electron chi connectivity index (χ4n) is 1.65. The molecule has 1 fully saturated rings. The van der Waals surface area contributed by atoms with Crippen LogP contribution in [0, 0.1) is 0 Å². The van der Waals surface area contributed by atoms with Gasteiger partial charge in [0.25, 0.3) is 0 Å². The summed E-state index contributed by atoms with van der Waals surface area (Å²) in [7, 11) is 3.02. The van der Waals surface area contributed by atoms with Crippen molar-refractivity contribution in [3.05, 3.63) is 0 Å². The highest BCUT2D eigenvalue weighted by atomic mass is 32.3. The van der Waals surface area contributed by atoms with Gasteiger partial charge in [-0.05, 0) is 0 Å². The maximum absolute atomic E-state index is 14.4. The molecule has 1 aliphatic rings. The first-order chi connectivity index (χ1) is 8.62. The smallest absolute Gasteiger partial charge is 0.185 e. The summed E-state index contributed by atoms with van der Waals surface area (Å²) in [5.41, 5.74) is 0.